The molecular formula is C14H21N3O2S. The number of aryl methyl sites for hydroxylation is 1. The average Bonchev–Trinajstić information content (AvgIpc) is 2.76. The molecular weight excluding hydrogens is 274 g/mol. The van der Waals surface area contributed by atoms with E-state index in [1.807, 2.05) is 24.3 Å². The summed E-state index contributed by atoms with van der Waals surface area (Å²) in [5.41, 5.74) is 7.90. The van der Waals surface area contributed by atoms with Gasteiger partial charge in [-0.05, 0) is 37.0 Å². The van der Waals surface area contributed by atoms with Crippen molar-refractivity contribution >= 4 is 21.5 Å². The van der Waals surface area contributed by atoms with Gasteiger partial charge >= 0.3 is 0 Å². The number of hydrogen-bond donors (Lipinski definition) is 2. The van der Waals surface area contributed by atoms with E-state index in [0.717, 1.165) is 18.5 Å². The third-order valence-corrected chi connectivity index (χ3v) is 5.82. The van der Waals surface area contributed by atoms with Crippen molar-refractivity contribution in [2.75, 3.05) is 17.6 Å². The molecule has 1 aliphatic rings. The van der Waals surface area contributed by atoms with Gasteiger partial charge in [0, 0.05) is 5.69 Å². The Kier molecular flexibility index (Phi) is 4.65. The number of guanidine groups is 1. The third-order valence-electron chi connectivity index (χ3n) is 3.56. The number of benzene rings is 1. The molecule has 5 nitrogen and oxygen atoms in total. The zero-order valence-electron chi connectivity index (χ0n) is 11.7. The van der Waals surface area contributed by atoms with Crippen LogP contribution in [-0.4, -0.2) is 31.9 Å². The van der Waals surface area contributed by atoms with Crippen LogP contribution in [0.15, 0.2) is 29.3 Å². The molecule has 0 radical (unpaired) electrons. The Morgan fingerprint density at radius 1 is 1.40 bits per heavy atom. The molecule has 0 aromatic heterocycles. The highest BCUT2D eigenvalue weighted by molar-refractivity contribution is 7.92. The molecule has 3 N–H and O–H groups in total. The lowest BCUT2D eigenvalue weighted by atomic mass is 10.1. The zero-order chi connectivity index (χ0) is 14.6. The van der Waals surface area contributed by atoms with Gasteiger partial charge in [0.2, 0.25) is 0 Å². The summed E-state index contributed by atoms with van der Waals surface area (Å²) in [6.45, 7) is 2.34. The minimum atomic E-state index is -2.96. The highest BCUT2D eigenvalue weighted by Crippen LogP contribution is 2.20. The Balaban J connectivity index is 1.93. The molecule has 1 saturated heterocycles. The van der Waals surface area contributed by atoms with Gasteiger partial charge in [-0.3, -0.25) is 4.99 Å². The first-order valence-corrected chi connectivity index (χ1v) is 8.60. The summed E-state index contributed by atoms with van der Waals surface area (Å²) < 4.78 is 23.3. The second-order valence-electron chi connectivity index (χ2n) is 5.03. The van der Waals surface area contributed by atoms with Crippen LogP contribution in [0.1, 0.15) is 25.3 Å². The SMILES string of the molecule is CCc1ccc(NC(N)=NCC2CCCS2(=O)=O)cc1. The Labute approximate surface area is 120 Å². The van der Waals surface area contributed by atoms with Crippen molar-refractivity contribution < 1.29 is 8.42 Å². The lowest BCUT2D eigenvalue weighted by Gasteiger charge is -2.09. The molecule has 1 heterocycles. The second kappa shape index (κ2) is 6.26. The first kappa shape index (κ1) is 14.8. The fraction of sp³-hybridized carbons (Fsp3) is 0.500. The van der Waals surface area contributed by atoms with Crippen LogP contribution >= 0.6 is 0 Å². The molecule has 0 aliphatic carbocycles. The molecule has 0 saturated carbocycles. The van der Waals surface area contributed by atoms with E-state index < -0.39 is 9.84 Å². The van der Waals surface area contributed by atoms with Crippen molar-refractivity contribution in [2.45, 2.75) is 31.4 Å². The quantitative estimate of drug-likeness (QED) is 0.652. The first-order chi connectivity index (χ1) is 9.51. The van der Waals surface area contributed by atoms with Crippen LogP contribution in [-0.2, 0) is 16.3 Å². The lowest BCUT2D eigenvalue weighted by Crippen LogP contribution is -2.26. The van der Waals surface area contributed by atoms with Crippen LogP contribution in [0.2, 0.25) is 0 Å². The minimum absolute atomic E-state index is 0.244. The third kappa shape index (κ3) is 3.72. The van der Waals surface area contributed by atoms with Gasteiger partial charge in [-0.1, -0.05) is 19.1 Å². The van der Waals surface area contributed by atoms with Gasteiger partial charge in [0.15, 0.2) is 15.8 Å². The number of sulfone groups is 1. The molecule has 2 rings (SSSR count). The highest BCUT2D eigenvalue weighted by Gasteiger charge is 2.30. The van der Waals surface area contributed by atoms with Gasteiger partial charge in [-0.15, -0.1) is 0 Å². The van der Waals surface area contributed by atoms with E-state index in [4.69, 9.17) is 5.73 Å². The summed E-state index contributed by atoms with van der Waals surface area (Å²) in [6.07, 6.45) is 2.40. The van der Waals surface area contributed by atoms with Crippen molar-refractivity contribution in [3.05, 3.63) is 29.8 Å². The van der Waals surface area contributed by atoms with Crippen LogP contribution in [0.5, 0.6) is 0 Å². The molecule has 1 unspecified atom stereocenters. The molecule has 1 aliphatic heterocycles. The first-order valence-electron chi connectivity index (χ1n) is 6.88. The van der Waals surface area contributed by atoms with Gasteiger partial charge in [0.25, 0.3) is 0 Å². The average molecular weight is 295 g/mol. The molecule has 0 amide bonds. The number of nitrogens with two attached hydrogens (primary N) is 1. The summed E-state index contributed by atoms with van der Waals surface area (Å²) in [4.78, 5) is 4.14. The summed E-state index contributed by atoms with van der Waals surface area (Å²) >= 11 is 0. The van der Waals surface area contributed by atoms with Crippen molar-refractivity contribution in [3.8, 4) is 0 Å². The second-order valence-corrected chi connectivity index (χ2v) is 7.43. The van der Waals surface area contributed by atoms with Gasteiger partial charge in [0.1, 0.15) is 0 Å². The predicted octanol–water partition coefficient (Wildman–Crippen LogP) is 1.55. The van der Waals surface area contributed by atoms with Gasteiger partial charge in [-0.2, -0.15) is 0 Å². The van der Waals surface area contributed by atoms with E-state index in [0.29, 0.717) is 6.42 Å². The van der Waals surface area contributed by atoms with Crippen LogP contribution in [0.25, 0.3) is 0 Å². The maximum absolute atomic E-state index is 11.7. The van der Waals surface area contributed by atoms with Crippen molar-refractivity contribution in [1.29, 1.82) is 0 Å². The molecule has 110 valence electrons. The van der Waals surface area contributed by atoms with E-state index in [2.05, 4.69) is 17.2 Å². The van der Waals surface area contributed by atoms with E-state index in [1.54, 1.807) is 0 Å². The van der Waals surface area contributed by atoms with Gasteiger partial charge in [-0.25, -0.2) is 8.42 Å². The topological polar surface area (TPSA) is 84.5 Å². The van der Waals surface area contributed by atoms with Gasteiger partial charge in [0.05, 0.1) is 17.5 Å². The normalized spacial score (nSPS) is 21.9. The van der Waals surface area contributed by atoms with Gasteiger partial charge < -0.3 is 11.1 Å². The minimum Gasteiger partial charge on any atom is -0.370 e. The van der Waals surface area contributed by atoms with Crippen molar-refractivity contribution in [3.63, 3.8) is 0 Å². The molecule has 0 spiro atoms. The molecule has 0 bridgehead atoms. The molecule has 20 heavy (non-hydrogen) atoms. The van der Waals surface area contributed by atoms with E-state index in [-0.39, 0.29) is 23.5 Å². The standard InChI is InChI=1S/C14H21N3O2S/c1-2-11-5-7-12(8-6-11)17-14(15)16-10-13-4-3-9-20(13,18)19/h5-8,13H,2-4,9-10H2,1H3,(H3,15,16,17). The number of aliphatic imine (C=N–C) groups is 1. The molecule has 6 heteroatoms. The Bertz CT molecular complexity index is 579. The van der Waals surface area contributed by atoms with Crippen LogP contribution in [0.3, 0.4) is 0 Å². The van der Waals surface area contributed by atoms with E-state index >= 15 is 0 Å². The zero-order valence-corrected chi connectivity index (χ0v) is 12.5. The highest BCUT2D eigenvalue weighted by atomic mass is 32.2. The summed E-state index contributed by atoms with van der Waals surface area (Å²) in [7, 11) is -2.96. The van der Waals surface area contributed by atoms with Crippen molar-refractivity contribution in [1.82, 2.24) is 0 Å². The number of rotatable bonds is 4. The maximum atomic E-state index is 11.7. The number of hydrogen-bond acceptors (Lipinski definition) is 3. The smallest absolute Gasteiger partial charge is 0.193 e. The Morgan fingerprint density at radius 2 is 2.10 bits per heavy atom. The number of anilines is 1. The maximum Gasteiger partial charge on any atom is 0.193 e. The monoisotopic (exact) mass is 295 g/mol. The fourth-order valence-electron chi connectivity index (χ4n) is 2.27. The molecule has 1 aromatic rings. The summed E-state index contributed by atoms with van der Waals surface area (Å²) in [6, 6.07) is 7.93. The summed E-state index contributed by atoms with van der Waals surface area (Å²) in [5.74, 6) is 0.537. The Hall–Kier alpha value is -1.56. The van der Waals surface area contributed by atoms with Crippen LogP contribution < -0.4 is 11.1 Å². The fourth-order valence-corrected chi connectivity index (χ4v) is 4.00. The van der Waals surface area contributed by atoms with E-state index in [1.165, 1.54) is 5.56 Å². The summed E-state index contributed by atoms with van der Waals surface area (Å²) in [5, 5.41) is 2.61. The number of nitrogens with zero attached hydrogens (tertiary/aromatic N) is 1. The largest absolute Gasteiger partial charge is 0.370 e. The Morgan fingerprint density at radius 3 is 2.65 bits per heavy atom. The van der Waals surface area contributed by atoms with Crippen LogP contribution in [0.4, 0.5) is 5.69 Å². The number of nitrogens with one attached hydrogen (secondary N) is 1. The molecule has 1 atom stereocenters. The molecule has 1 aromatic carbocycles. The van der Waals surface area contributed by atoms with Crippen molar-refractivity contribution in [2.24, 2.45) is 10.7 Å². The van der Waals surface area contributed by atoms with E-state index in [9.17, 15) is 8.42 Å². The van der Waals surface area contributed by atoms with Crippen LogP contribution in [0, 0.1) is 0 Å². The lowest BCUT2D eigenvalue weighted by molar-refractivity contribution is 0.590. The molecule has 1 fully saturated rings. The predicted molar refractivity (Wildman–Crippen MR) is 82.7 cm³/mol.